The Labute approximate surface area is 168 Å². The molecule has 11 heteroatoms. The fourth-order valence-electron chi connectivity index (χ4n) is 2.82. The summed E-state index contributed by atoms with van der Waals surface area (Å²) in [7, 11) is -3.39. The van der Waals surface area contributed by atoms with Gasteiger partial charge in [-0.3, -0.25) is 9.71 Å². The molecule has 1 aliphatic heterocycles. The number of ether oxygens (including phenoxy) is 1. The summed E-state index contributed by atoms with van der Waals surface area (Å²) in [6.07, 6.45) is 4.25. The Hall–Kier alpha value is -1.82. The molecule has 1 N–H and O–H groups in total. The molecule has 0 radical (unpaired) electrons. The Morgan fingerprint density at radius 1 is 1.26 bits per heavy atom. The highest BCUT2D eigenvalue weighted by atomic mass is 79.9. The Kier molecular flexibility index (Phi) is 5.01. The number of rotatable bonds is 4. The van der Waals surface area contributed by atoms with E-state index < -0.39 is 10.0 Å². The van der Waals surface area contributed by atoms with Crippen LogP contribution in [0.25, 0.3) is 21.5 Å². The number of aromatic nitrogens is 3. The van der Waals surface area contributed by atoms with Crippen LogP contribution in [-0.4, -0.2) is 55.9 Å². The summed E-state index contributed by atoms with van der Waals surface area (Å²) in [6.45, 7) is 2.72. The van der Waals surface area contributed by atoms with E-state index in [2.05, 4.69) is 30.5 Å². The van der Waals surface area contributed by atoms with Crippen LogP contribution < -0.4 is 9.62 Å². The predicted octanol–water partition coefficient (Wildman–Crippen LogP) is 2.72. The summed E-state index contributed by atoms with van der Waals surface area (Å²) in [5.74, 6) is 0.626. The fraction of sp³-hybridized carbons (Fsp3) is 0.312. The molecule has 1 saturated heterocycles. The second-order valence-corrected chi connectivity index (χ2v) is 9.55. The van der Waals surface area contributed by atoms with E-state index >= 15 is 0 Å². The molecule has 0 unspecified atom stereocenters. The van der Waals surface area contributed by atoms with E-state index in [9.17, 15) is 8.42 Å². The number of hydrogen-bond acceptors (Lipinski definition) is 8. The zero-order chi connectivity index (χ0) is 19.0. The summed E-state index contributed by atoms with van der Waals surface area (Å²) in [5, 5.41) is 1.97. The number of thiophene rings is 1. The molecule has 3 aromatic rings. The highest BCUT2D eigenvalue weighted by Crippen LogP contribution is 2.37. The van der Waals surface area contributed by atoms with Crippen LogP contribution in [-0.2, 0) is 14.8 Å². The van der Waals surface area contributed by atoms with Crippen LogP contribution in [0.1, 0.15) is 0 Å². The molecular formula is C16H16BrN5O3S2. The van der Waals surface area contributed by atoms with Gasteiger partial charge in [0.1, 0.15) is 5.52 Å². The third-order valence-electron chi connectivity index (χ3n) is 3.97. The van der Waals surface area contributed by atoms with Gasteiger partial charge in [0.2, 0.25) is 16.0 Å². The summed E-state index contributed by atoms with van der Waals surface area (Å²) in [5.41, 5.74) is 2.67. The van der Waals surface area contributed by atoms with E-state index in [4.69, 9.17) is 14.7 Å². The number of halogens is 1. The average Bonchev–Trinajstić information content (AvgIpc) is 3.02. The van der Waals surface area contributed by atoms with Crippen molar-refractivity contribution in [1.29, 1.82) is 0 Å². The van der Waals surface area contributed by atoms with Crippen LogP contribution >= 0.6 is 27.3 Å². The van der Waals surface area contributed by atoms with E-state index in [1.165, 1.54) is 17.5 Å². The predicted molar refractivity (Wildman–Crippen MR) is 110 cm³/mol. The van der Waals surface area contributed by atoms with Crippen molar-refractivity contribution in [2.75, 3.05) is 42.2 Å². The largest absolute Gasteiger partial charge is 0.378 e. The van der Waals surface area contributed by atoms with Gasteiger partial charge in [-0.25, -0.2) is 18.4 Å². The van der Waals surface area contributed by atoms with Crippen LogP contribution in [0.15, 0.2) is 28.3 Å². The molecule has 0 amide bonds. The van der Waals surface area contributed by atoms with Gasteiger partial charge in [0, 0.05) is 30.2 Å². The number of hydrogen-bond donors (Lipinski definition) is 1. The maximum absolute atomic E-state index is 11.5. The summed E-state index contributed by atoms with van der Waals surface area (Å²) < 4.78 is 32.8. The minimum Gasteiger partial charge on any atom is -0.378 e. The van der Waals surface area contributed by atoms with Crippen molar-refractivity contribution in [2.45, 2.75) is 0 Å². The number of pyridine rings is 1. The van der Waals surface area contributed by atoms with Gasteiger partial charge < -0.3 is 9.64 Å². The Bertz CT molecular complexity index is 1100. The van der Waals surface area contributed by atoms with Gasteiger partial charge in [-0.15, -0.1) is 11.3 Å². The van der Waals surface area contributed by atoms with Crippen LogP contribution in [0.3, 0.4) is 0 Å². The molecule has 27 heavy (non-hydrogen) atoms. The zero-order valence-electron chi connectivity index (χ0n) is 14.3. The number of nitrogens with one attached hydrogen (secondary N) is 1. The average molecular weight is 470 g/mol. The number of sulfonamides is 1. The van der Waals surface area contributed by atoms with Gasteiger partial charge >= 0.3 is 0 Å². The molecule has 1 aliphatic rings. The Morgan fingerprint density at radius 3 is 2.78 bits per heavy atom. The van der Waals surface area contributed by atoms with Crippen molar-refractivity contribution in [1.82, 2.24) is 15.0 Å². The standard InChI is InChI=1S/C16H16BrN5O3S2/c1-27(23,24)21-11-6-10(7-18-8-11)13-15-14(12(17)9-26-15)20-16(19-13)22-2-4-25-5-3-22/h6-9,21H,2-5H2,1H3. The molecule has 0 saturated carbocycles. The van der Waals surface area contributed by atoms with Gasteiger partial charge in [-0.2, -0.15) is 0 Å². The van der Waals surface area contributed by atoms with Crippen LogP contribution in [0.5, 0.6) is 0 Å². The Morgan fingerprint density at radius 2 is 2.04 bits per heavy atom. The molecule has 0 aliphatic carbocycles. The summed E-state index contributed by atoms with van der Waals surface area (Å²) in [4.78, 5) is 15.8. The van der Waals surface area contributed by atoms with Crippen molar-refractivity contribution in [3.63, 3.8) is 0 Å². The first-order chi connectivity index (χ1) is 12.9. The zero-order valence-corrected chi connectivity index (χ0v) is 17.6. The third-order valence-corrected chi connectivity index (χ3v) is 6.46. The fourth-order valence-corrected chi connectivity index (χ4v) is 4.93. The highest BCUT2D eigenvalue weighted by molar-refractivity contribution is 9.10. The molecule has 1 fully saturated rings. The summed E-state index contributed by atoms with van der Waals surface area (Å²) in [6, 6.07) is 1.73. The summed E-state index contributed by atoms with van der Waals surface area (Å²) >= 11 is 5.08. The molecule has 4 heterocycles. The number of anilines is 2. The lowest BCUT2D eigenvalue weighted by molar-refractivity contribution is 0.122. The maximum atomic E-state index is 11.5. The van der Waals surface area contributed by atoms with Gasteiger partial charge in [0.15, 0.2) is 0 Å². The lowest BCUT2D eigenvalue weighted by Crippen LogP contribution is -2.37. The highest BCUT2D eigenvalue weighted by Gasteiger charge is 2.20. The first kappa shape index (κ1) is 18.5. The normalized spacial score (nSPS) is 15.3. The molecule has 0 aromatic carbocycles. The maximum Gasteiger partial charge on any atom is 0.229 e. The molecule has 8 nitrogen and oxygen atoms in total. The smallest absolute Gasteiger partial charge is 0.229 e. The van der Waals surface area contributed by atoms with Gasteiger partial charge in [0.05, 0.1) is 46.2 Å². The second kappa shape index (κ2) is 7.30. The molecule has 0 spiro atoms. The molecule has 142 valence electrons. The van der Waals surface area contributed by atoms with Crippen molar-refractivity contribution < 1.29 is 13.2 Å². The SMILES string of the molecule is CS(=O)(=O)Nc1cncc(-c2nc(N3CCOCC3)nc3c(Br)csc23)c1. The van der Waals surface area contributed by atoms with Crippen LogP contribution in [0, 0.1) is 0 Å². The first-order valence-electron chi connectivity index (χ1n) is 8.11. The Balaban J connectivity index is 1.84. The van der Waals surface area contributed by atoms with E-state index in [1.54, 1.807) is 12.3 Å². The van der Waals surface area contributed by atoms with Crippen molar-refractivity contribution in [3.05, 3.63) is 28.3 Å². The third kappa shape index (κ3) is 4.05. The number of morpholine rings is 1. The topological polar surface area (TPSA) is 97.3 Å². The quantitative estimate of drug-likeness (QED) is 0.626. The van der Waals surface area contributed by atoms with Gasteiger partial charge in [-0.1, -0.05) is 0 Å². The van der Waals surface area contributed by atoms with Crippen LogP contribution in [0.2, 0.25) is 0 Å². The molecular weight excluding hydrogens is 454 g/mol. The minimum absolute atomic E-state index is 0.394. The minimum atomic E-state index is -3.39. The molecule has 0 atom stereocenters. The van der Waals surface area contributed by atoms with E-state index in [0.717, 1.165) is 45.3 Å². The van der Waals surface area contributed by atoms with E-state index in [0.29, 0.717) is 24.8 Å². The first-order valence-corrected chi connectivity index (χ1v) is 11.7. The van der Waals surface area contributed by atoms with Crippen molar-refractivity contribution in [2.24, 2.45) is 0 Å². The number of nitrogens with zero attached hydrogens (tertiary/aromatic N) is 4. The lowest BCUT2D eigenvalue weighted by atomic mass is 10.2. The molecule has 4 rings (SSSR count). The lowest BCUT2D eigenvalue weighted by Gasteiger charge is -2.27. The van der Waals surface area contributed by atoms with E-state index in [-0.39, 0.29) is 0 Å². The second-order valence-electron chi connectivity index (χ2n) is 6.07. The van der Waals surface area contributed by atoms with Crippen molar-refractivity contribution in [3.8, 4) is 11.3 Å². The van der Waals surface area contributed by atoms with Gasteiger partial charge in [-0.05, 0) is 22.0 Å². The van der Waals surface area contributed by atoms with Crippen molar-refractivity contribution >= 4 is 59.1 Å². The number of fused-ring (bicyclic) bond motifs is 1. The molecule has 0 bridgehead atoms. The monoisotopic (exact) mass is 469 g/mol. The van der Waals surface area contributed by atoms with Gasteiger partial charge in [0.25, 0.3) is 0 Å². The van der Waals surface area contributed by atoms with Crippen LogP contribution in [0.4, 0.5) is 11.6 Å². The van der Waals surface area contributed by atoms with E-state index in [1.807, 2.05) is 5.38 Å². The molecule has 3 aromatic heterocycles.